The third-order valence-electron chi connectivity index (χ3n) is 4.93. The van der Waals surface area contributed by atoms with Gasteiger partial charge in [-0.25, -0.2) is 13.5 Å². The van der Waals surface area contributed by atoms with Crippen molar-refractivity contribution in [2.24, 2.45) is 0 Å². The molecule has 0 saturated carbocycles. The van der Waals surface area contributed by atoms with Crippen LogP contribution < -0.4 is 5.32 Å². The van der Waals surface area contributed by atoms with Crippen molar-refractivity contribution in [2.75, 3.05) is 0 Å². The fourth-order valence-corrected chi connectivity index (χ4v) is 3.52. The molecule has 1 heterocycles. The number of hydrogen-bond acceptors (Lipinski definition) is 2. The number of carbonyl (C=O) groups is 1. The Balaban J connectivity index is 1.62. The molecule has 0 radical (unpaired) electrons. The van der Waals surface area contributed by atoms with Crippen molar-refractivity contribution < 1.29 is 13.6 Å². The number of halogens is 2. The minimum atomic E-state index is -0.312. The molecule has 138 valence electrons. The Morgan fingerprint density at radius 3 is 2.33 bits per heavy atom. The molecule has 0 spiro atoms. The average molecular weight is 367 g/mol. The first-order valence-corrected chi connectivity index (χ1v) is 8.96. The van der Waals surface area contributed by atoms with Crippen LogP contribution >= 0.6 is 0 Å². The molecule has 1 aromatic heterocycles. The molecule has 6 heteroatoms. The van der Waals surface area contributed by atoms with Gasteiger partial charge in [-0.2, -0.15) is 5.10 Å². The van der Waals surface area contributed by atoms with Crippen LogP contribution in [0.2, 0.25) is 0 Å². The number of fused-ring (bicyclic) bond motifs is 1. The Morgan fingerprint density at radius 1 is 1.04 bits per heavy atom. The summed E-state index contributed by atoms with van der Waals surface area (Å²) in [7, 11) is 0. The lowest BCUT2D eigenvalue weighted by atomic mass is 10.1. The first-order chi connectivity index (χ1) is 13.0. The molecule has 1 N–H and O–H groups in total. The van der Waals surface area contributed by atoms with E-state index in [0.717, 1.165) is 41.8 Å². The number of nitrogens with zero attached hydrogens (tertiary/aromatic N) is 2. The van der Waals surface area contributed by atoms with Gasteiger partial charge in [-0.15, -0.1) is 0 Å². The average Bonchev–Trinajstić information content (AvgIpc) is 3.25. The third-order valence-corrected chi connectivity index (χ3v) is 4.93. The molecular formula is C21H19F2N3O. The number of rotatable bonds is 4. The molecule has 2 aromatic carbocycles. The Morgan fingerprint density at radius 2 is 1.67 bits per heavy atom. The van der Waals surface area contributed by atoms with E-state index in [1.807, 2.05) is 6.92 Å². The van der Waals surface area contributed by atoms with Crippen molar-refractivity contribution in [1.82, 2.24) is 15.1 Å². The van der Waals surface area contributed by atoms with Gasteiger partial charge in [-0.3, -0.25) is 4.79 Å². The lowest BCUT2D eigenvalue weighted by Gasteiger charge is -2.14. The van der Waals surface area contributed by atoms with Crippen LogP contribution in [0, 0.1) is 11.6 Å². The number of amides is 1. The molecule has 3 aromatic rings. The van der Waals surface area contributed by atoms with Crippen molar-refractivity contribution in [1.29, 1.82) is 0 Å². The molecule has 0 aliphatic heterocycles. The van der Waals surface area contributed by atoms with Gasteiger partial charge < -0.3 is 5.32 Å². The quantitative estimate of drug-likeness (QED) is 0.754. The zero-order chi connectivity index (χ0) is 19.0. The van der Waals surface area contributed by atoms with Crippen LogP contribution in [0.5, 0.6) is 0 Å². The van der Waals surface area contributed by atoms with E-state index in [4.69, 9.17) is 0 Å². The molecule has 0 unspecified atom stereocenters. The molecule has 0 saturated heterocycles. The van der Waals surface area contributed by atoms with E-state index in [9.17, 15) is 13.6 Å². The van der Waals surface area contributed by atoms with Gasteiger partial charge in [0.15, 0.2) is 5.69 Å². The molecule has 1 amide bonds. The Hall–Kier alpha value is -3.02. The van der Waals surface area contributed by atoms with Crippen LogP contribution in [0.4, 0.5) is 8.78 Å². The highest BCUT2D eigenvalue weighted by atomic mass is 19.1. The number of nitrogens with one attached hydrogen (secondary N) is 1. The van der Waals surface area contributed by atoms with Crippen molar-refractivity contribution >= 4 is 5.91 Å². The van der Waals surface area contributed by atoms with Crippen LogP contribution in [-0.4, -0.2) is 15.7 Å². The summed E-state index contributed by atoms with van der Waals surface area (Å²) in [6.07, 6.45) is 2.59. The van der Waals surface area contributed by atoms with Gasteiger partial charge >= 0.3 is 0 Å². The maximum Gasteiger partial charge on any atom is 0.272 e. The lowest BCUT2D eigenvalue weighted by molar-refractivity contribution is 0.0933. The standard InChI is InChI=1S/C21H19F2N3O/c1-13(14-5-7-15(22)8-6-14)24-21(27)20-18-3-2-4-19(18)26(25-20)17-11-9-16(23)10-12-17/h5-13H,2-4H2,1H3,(H,24,27)/t13-/m0/s1. The molecule has 4 nitrogen and oxygen atoms in total. The number of benzene rings is 2. The minimum absolute atomic E-state index is 0.258. The molecule has 1 atom stereocenters. The van der Waals surface area contributed by atoms with Crippen LogP contribution in [0.15, 0.2) is 48.5 Å². The molecule has 1 aliphatic rings. The van der Waals surface area contributed by atoms with E-state index in [0.29, 0.717) is 5.69 Å². The van der Waals surface area contributed by atoms with Crippen molar-refractivity contribution in [3.63, 3.8) is 0 Å². The van der Waals surface area contributed by atoms with Gasteiger partial charge in [-0.1, -0.05) is 12.1 Å². The fourth-order valence-electron chi connectivity index (χ4n) is 3.52. The molecule has 0 bridgehead atoms. The molecule has 27 heavy (non-hydrogen) atoms. The highest BCUT2D eigenvalue weighted by molar-refractivity contribution is 5.94. The third kappa shape index (κ3) is 3.35. The van der Waals surface area contributed by atoms with Gasteiger partial charge in [0.2, 0.25) is 0 Å². The number of hydrogen-bond donors (Lipinski definition) is 1. The minimum Gasteiger partial charge on any atom is -0.344 e. The van der Waals surface area contributed by atoms with E-state index >= 15 is 0 Å². The van der Waals surface area contributed by atoms with Gasteiger partial charge in [0, 0.05) is 11.3 Å². The summed E-state index contributed by atoms with van der Waals surface area (Å²) in [5.41, 5.74) is 3.91. The predicted octanol–water partition coefficient (Wildman–Crippen LogP) is 4.13. The largest absolute Gasteiger partial charge is 0.344 e. The second kappa shape index (κ2) is 6.95. The van der Waals surface area contributed by atoms with E-state index < -0.39 is 0 Å². The smallest absolute Gasteiger partial charge is 0.272 e. The number of aromatic nitrogens is 2. The fraction of sp³-hybridized carbons (Fsp3) is 0.238. The predicted molar refractivity (Wildman–Crippen MR) is 97.8 cm³/mol. The normalized spacial score (nSPS) is 14.0. The SMILES string of the molecule is C[C@H](NC(=O)c1nn(-c2ccc(F)cc2)c2c1CCC2)c1ccc(F)cc1. The van der Waals surface area contributed by atoms with Gasteiger partial charge in [-0.05, 0) is 68.1 Å². The van der Waals surface area contributed by atoms with Gasteiger partial charge in [0.25, 0.3) is 5.91 Å². The molecular weight excluding hydrogens is 348 g/mol. The summed E-state index contributed by atoms with van der Waals surface area (Å²) in [5.74, 6) is -0.882. The van der Waals surface area contributed by atoms with Crippen molar-refractivity contribution in [3.05, 3.63) is 82.7 Å². The first kappa shape index (κ1) is 17.4. The zero-order valence-corrected chi connectivity index (χ0v) is 14.9. The maximum absolute atomic E-state index is 13.2. The second-order valence-corrected chi connectivity index (χ2v) is 6.76. The summed E-state index contributed by atoms with van der Waals surface area (Å²) in [4.78, 5) is 12.8. The van der Waals surface area contributed by atoms with Crippen LogP contribution in [0.25, 0.3) is 5.69 Å². The van der Waals surface area contributed by atoms with Gasteiger partial charge in [0.05, 0.1) is 11.7 Å². The van der Waals surface area contributed by atoms with E-state index in [2.05, 4.69) is 10.4 Å². The summed E-state index contributed by atoms with van der Waals surface area (Å²) < 4.78 is 28.1. The van der Waals surface area contributed by atoms with Crippen LogP contribution in [-0.2, 0) is 12.8 Å². The van der Waals surface area contributed by atoms with Crippen LogP contribution in [0.3, 0.4) is 0 Å². The second-order valence-electron chi connectivity index (χ2n) is 6.76. The highest BCUT2D eigenvalue weighted by Gasteiger charge is 2.27. The van der Waals surface area contributed by atoms with Gasteiger partial charge in [0.1, 0.15) is 11.6 Å². The summed E-state index contributed by atoms with van der Waals surface area (Å²) in [6.45, 7) is 1.85. The summed E-state index contributed by atoms with van der Waals surface area (Å²) in [6, 6.07) is 11.9. The summed E-state index contributed by atoms with van der Waals surface area (Å²) >= 11 is 0. The number of carbonyl (C=O) groups excluding carboxylic acids is 1. The topological polar surface area (TPSA) is 46.9 Å². The maximum atomic E-state index is 13.2. The first-order valence-electron chi connectivity index (χ1n) is 8.96. The lowest BCUT2D eigenvalue weighted by Crippen LogP contribution is -2.28. The van der Waals surface area contributed by atoms with Crippen molar-refractivity contribution in [2.45, 2.75) is 32.2 Å². The molecule has 4 rings (SSSR count). The molecule has 1 aliphatic carbocycles. The monoisotopic (exact) mass is 367 g/mol. The van der Waals surface area contributed by atoms with E-state index in [1.165, 1.54) is 24.3 Å². The summed E-state index contributed by atoms with van der Waals surface area (Å²) in [5, 5.41) is 7.45. The Bertz CT molecular complexity index is 978. The Labute approximate surface area is 155 Å². The van der Waals surface area contributed by atoms with E-state index in [-0.39, 0.29) is 23.6 Å². The highest BCUT2D eigenvalue weighted by Crippen LogP contribution is 2.28. The van der Waals surface area contributed by atoms with E-state index in [1.54, 1.807) is 28.9 Å². The molecule has 0 fully saturated rings. The Kier molecular flexibility index (Phi) is 4.48. The van der Waals surface area contributed by atoms with Crippen molar-refractivity contribution in [3.8, 4) is 5.69 Å². The van der Waals surface area contributed by atoms with Crippen LogP contribution in [0.1, 0.15) is 46.7 Å². The zero-order valence-electron chi connectivity index (χ0n) is 14.9.